The molecule has 0 aromatic heterocycles. The lowest BCUT2D eigenvalue weighted by molar-refractivity contribution is -0.136. The zero-order chi connectivity index (χ0) is 18.8. The van der Waals surface area contributed by atoms with Gasteiger partial charge in [-0.3, -0.25) is 0 Å². The average Bonchev–Trinajstić information content (AvgIpc) is 2.50. The van der Waals surface area contributed by atoms with Crippen molar-refractivity contribution in [2.24, 2.45) is 5.41 Å². The second-order valence-electron chi connectivity index (χ2n) is 6.18. The van der Waals surface area contributed by atoms with Crippen LogP contribution in [0, 0.1) is 5.41 Å². The van der Waals surface area contributed by atoms with Crippen LogP contribution in [0.1, 0.15) is 33.3 Å². The van der Waals surface area contributed by atoms with Crippen molar-refractivity contribution in [2.45, 2.75) is 27.7 Å². The highest BCUT2D eigenvalue weighted by molar-refractivity contribution is 5.88. The fraction of sp³-hybridized carbons (Fsp3) is 0.300. The van der Waals surface area contributed by atoms with Gasteiger partial charge in [-0.15, -0.1) is 0 Å². The summed E-state index contributed by atoms with van der Waals surface area (Å²) in [5.74, 6) is -1.21. The van der Waals surface area contributed by atoms with Gasteiger partial charge in [0.15, 0.2) is 0 Å². The van der Waals surface area contributed by atoms with Crippen LogP contribution in [0.15, 0.2) is 60.2 Å². The van der Waals surface area contributed by atoms with Gasteiger partial charge in [-0.25, -0.2) is 9.59 Å². The number of esters is 1. The van der Waals surface area contributed by atoms with Gasteiger partial charge in [-0.2, -0.15) is 0 Å². The minimum atomic E-state index is -0.866. The molecule has 0 amide bonds. The van der Waals surface area contributed by atoms with Gasteiger partial charge >= 0.3 is 11.9 Å². The minimum Gasteiger partial charge on any atom is -0.478 e. The standard InChI is InChI=1S/C15H18O2.C5H8O2/c1-15(2,3)13(14(16)17)11-7-10-12-8-5-4-6-9-12;1-4(2)5(6)7-3/h4-11H,1-3H3,(H,16,17);1H2,2-3H3. The highest BCUT2D eigenvalue weighted by atomic mass is 16.5. The molecule has 4 heteroatoms. The summed E-state index contributed by atoms with van der Waals surface area (Å²) in [5.41, 5.74) is 1.54. The van der Waals surface area contributed by atoms with E-state index in [9.17, 15) is 9.59 Å². The van der Waals surface area contributed by atoms with Gasteiger partial charge in [0.2, 0.25) is 0 Å². The fourth-order valence-corrected chi connectivity index (χ4v) is 1.64. The first-order valence-corrected chi connectivity index (χ1v) is 7.50. The lowest BCUT2D eigenvalue weighted by Crippen LogP contribution is -2.17. The van der Waals surface area contributed by atoms with Crippen LogP contribution in [0.3, 0.4) is 0 Å². The fourth-order valence-electron chi connectivity index (χ4n) is 1.64. The maximum Gasteiger partial charge on any atom is 0.332 e. The molecule has 0 atom stereocenters. The molecule has 0 unspecified atom stereocenters. The van der Waals surface area contributed by atoms with E-state index in [0.29, 0.717) is 11.1 Å². The third-order valence-electron chi connectivity index (χ3n) is 2.92. The first-order chi connectivity index (χ1) is 11.1. The van der Waals surface area contributed by atoms with Crippen LogP contribution in [0.2, 0.25) is 0 Å². The smallest absolute Gasteiger partial charge is 0.332 e. The molecule has 0 heterocycles. The molecule has 1 aromatic carbocycles. The Labute approximate surface area is 144 Å². The van der Waals surface area contributed by atoms with Crippen LogP contribution in [0.4, 0.5) is 0 Å². The van der Waals surface area contributed by atoms with Crippen LogP contribution in [-0.2, 0) is 14.3 Å². The summed E-state index contributed by atoms with van der Waals surface area (Å²) in [6.07, 6.45) is 5.34. The predicted octanol–water partition coefficient (Wildman–Crippen LogP) is 4.49. The molecule has 1 rings (SSSR count). The molecule has 0 radical (unpaired) electrons. The Kier molecular flexibility index (Phi) is 9.10. The number of aliphatic carboxylic acids is 1. The van der Waals surface area contributed by atoms with Crippen LogP contribution < -0.4 is 0 Å². The molecule has 0 aliphatic carbocycles. The Hall–Kier alpha value is -2.62. The van der Waals surface area contributed by atoms with Gasteiger partial charge in [0.05, 0.1) is 7.11 Å². The van der Waals surface area contributed by atoms with Gasteiger partial charge in [0.1, 0.15) is 0 Å². The van der Waals surface area contributed by atoms with Gasteiger partial charge in [-0.1, -0.05) is 75.9 Å². The van der Waals surface area contributed by atoms with E-state index in [-0.39, 0.29) is 11.4 Å². The topological polar surface area (TPSA) is 63.6 Å². The highest BCUT2D eigenvalue weighted by Crippen LogP contribution is 2.25. The zero-order valence-electron chi connectivity index (χ0n) is 15.0. The molecule has 0 spiro atoms. The monoisotopic (exact) mass is 330 g/mol. The lowest BCUT2D eigenvalue weighted by Gasteiger charge is -2.18. The predicted molar refractivity (Wildman–Crippen MR) is 97.5 cm³/mol. The average molecular weight is 330 g/mol. The van der Waals surface area contributed by atoms with Gasteiger partial charge in [-0.05, 0) is 17.9 Å². The van der Waals surface area contributed by atoms with E-state index >= 15 is 0 Å². The maximum absolute atomic E-state index is 11.1. The Balaban J connectivity index is 0.000000640. The number of hydrogen-bond acceptors (Lipinski definition) is 3. The molecule has 1 aromatic rings. The first kappa shape index (κ1) is 21.4. The summed E-state index contributed by atoms with van der Waals surface area (Å²) >= 11 is 0. The van der Waals surface area contributed by atoms with Crippen molar-refractivity contribution in [3.05, 3.63) is 65.8 Å². The molecular weight excluding hydrogens is 304 g/mol. The molecular formula is C20H26O4. The molecule has 0 fully saturated rings. The van der Waals surface area contributed by atoms with E-state index in [1.807, 2.05) is 57.2 Å². The van der Waals surface area contributed by atoms with Gasteiger partial charge < -0.3 is 9.84 Å². The summed E-state index contributed by atoms with van der Waals surface area (Å²) < 4.78 is 4.27. The van der Waals surface area contributed by atoms with E-state index in [4.69, 9.17) is 5.11 Å². The minimum absolute atomic E-state index is 0.347. The lowest BCUT2D eigenvalue weighted by atomic mass is 9.86. The van der Waals surface area contributed by atoms with Crippen molar-refractivity contribution in [3.8, 4) is 0 Å². The molecule has 0 aliphatic heterocycles. The summed E-state index contributed by atoms with van der Waals surface area (Å²) in [7, 11) is 1.33. The number of carboxylic acids is 1. The first-order valence-electron chi connectivity index (χ1n) is 7.50. The summed E-state index contributed by atoms with van der Waals surface area (Å²) in [5, 5.41) is 9.10. The van der Waals surface area contributed by atoms with Crippen molar-refractivity contribution >= 4 is 18.0 Å². The summed E-state index contributed by atoms with van der Waals surface area (Å²) in [6.45, 7) is 10.6. The third-order valence-corrected chi connectivity index (χ3v) is 2.92. The number of ether oxygens (including phenoxy) is 1. The number of allylic oxidation sites excluding steroid dienone is 2. The number of carboxylic acid groups (broad SMARTS) is 1. The number of carbonyl (C=O) groups excluding carboxylic acids is 1. The Bertz CT molecular complexity index is 617. The number of methoxy groups -OCH3 is 1. The molecule has 0 saturated carbocycles. The largest absolute Gasteiger partial charge is 0.478 e. The molecule has 0 aliphatic rings. The number of carbonyl (C=O) groups is 2. The van der Waals surface area contributed by atoms with Crippen LogP contribution in [0.5, 0.6) is 0 Å². The summed E-state index contributed by atoms with van der Waals surface area (Å²) in [6, 6.07) is 9.80. The molecule has 130 valence electrons. The number of benzene rings is 1. The SMILES string of the molecule is C=C(C)C(=O)OC.CC(C)(C)C(=CC=Cc1ccccc1)C(=O)O. The molecule has 0 saturated heterocycles. The molecule has 4 nitrogen and oxygen atoms in total. The molecule has 0 bridgehead atoms. The third kappa shape index (κ3) is 8.73. The Morgan fingerprint density at radius 2 is 1.71 bits per heavy atom. The van der Waals surface area contributed by atoms with Crippen molar-refractivity contribution in [3.63, 3.8) is 0 Å². The van der Waals surface area contributed by atoms with Gasteiger partial charge in [0.25, 0.3) is 0 Å². The maximum atomic E-state index is 11.1. The quantitative estimate of drug-likeness (QED) is 0.502. The van der Waals surface area contributed by atoms with E-state index in [2.05, 4.69) is 11.3 Å². The van der Waals surface area contributed by atoms with Crippen LogP contribution >= 0.6 is 0 Å². The highest BCUT2D eigenvalue weighted by Gasteiger charge is 2.22. The van der Waals surface area contributed by atoms with E-state index in [1.54, 1.807) is 19.1 Å². The summed E-state index contributed by atoms with van der Waals surface area (Å²) in [4.78, 5) is 21.3. The van der Waals surface area contributed by atoms with Crippen molar-refractivity contribution < 1.29 is 19.4 Å². The Morgan fingerprint density at radius 3 is 2.04 bits per heavy atom. The van der Waals surface area contributed by atoms with Crippen LogP contribution in [-0.4, -0.2) is 24.2 Å². The second kappa shape index (κ2) is 10.2. The Morgan fingerprint density at radius 1 is 1.17 bits per heavy atom. The zero-order valence-corrected chi connectivity index (χ0v) is 15.0. The van der Waals surface area contributed by atoms with Crippen molar-refractivity contribution in [2.75, 3.05) is 7.11 Å². The number of rotatable bonds is 4. The van der Waals surface area contributed by atoms with E-state index in [1.165, 1.54) is 7.11 Å². The van der Waals surface area contributed by atoms with Gasteiger partial charge in [0, 0.05) is 11.1 Å². The molecule has 24 heavy (non-hydrogen) atoms. The number of hydrogen-bond donors (Lipinski definition) is 1. The van der Waals surface area contributed by atoms with Crippen molar-refractivity contribution in [1.82, 2.24) is 0 Å². The second-order valence-corrected chi connectivity index (χ2v) is 6.18. The van der Waals surface area contributed by atoms with E-state index in [0.717, 1.165) is 5.56 Å². The molecule has 1 N–H and O–H groups in total. The van der Waals surface area contributed by atoms with Crippen LogP contribution in [0.25, 0.3) is 6.08 Å². The van der Waals surface area contributed by atoms with Crippen molar-refractivity contribution in [1.29, 1.82) is 0 Å². The van der Waals surface area contributed by atoms with E-state index < -0.39 is 5.97 Å². The normalized spacial score (nSPS) is 11.5.